The summed E-state index contributed by atoms with van der Waals surface area (Å²) < 4.78 is 13.9. The first-order chi connectivity index (χ1) is 28.9. The van der Waals surface area contributed by atoms with E-state index in [1.54, 1.807) is 24.3 Å². The lowest BCUT2D eigenvalue weighted by molar-refractivity contribution is -0.136. The number of benzene rings is 2. The number of carbonyl (C=O) groups excluding carboxylic acids is 7. The van der Waals surface area contributed by atoms with Crippen LogP contribution in [0.15, 0.2) is 36.4 Å². The van der Waals surface area contributed by atoms with Crippen LogP contribution in [-0.4, -0.2) is 126 Å². The third kappa shape index (κ3) is 9.16. The lowest BCUT2D eigenvalue weighted by Crippen LogP contribution is -2.54. The number of halogens is 1. The molecule has 316 valence electrons. The molecule has 1 atom stereocenters. The highest BCUT2D eigenvalue weighted by Gasteiger charge is 2.45. The number of piperazine rings is 1. The average Bonchev–Trinajstić information content (AvgIpc) is 3.78. The minimum Gasteiger partial charge on any atom is -0.384 e. The number of fused-ring (bicyclic) bond motifs is 2. The molecule has 7 rings (SSSR count). The predicted octanol–water partition coefficient (Wildman–Crippen LogP) is 2.80. The minimum atomic E-state index is -1.01. The number of anilines is 2. The molecule has 2 saturated heterocycles. The molecule has 4 aliphatic rings. The van der Waals surface area contributed by atoms with Gasteiger partial charge in [-0.05, 0) is 94.5 Å². The van der Waals surface area contributed by atoms with Gasteiger partial charge in [0.1, 0.15) is 11.9 Å². The topological polar surface area (TPSA) is 205 Å². The summed E-state index contributed by atoms with van der Waals surface area (Å²) >= 11 is 0. The van der Waals surface area contributed by atoms with E-state index < -0.39 is 35.5 Å². The number of H-pyrrole nitrogens is 1. The van der Waals surface area contributed by atoms with E-state index >= 15 is 0 Å². The molecule has 7 amide bonds. The number of unbranched alkanes of at least 4 members (excludes halogenated alkanes) is 2. The summed E-state index contributed by atoms with van der Waals surface area (Å²) in [6.07, 6.45) is 4.97. The van der Waals surface area contributed by atoms with Crippen LogP contribution in [0, 0.1) is 19.7 Å². The molecule has 0 aliphatic carbocycles. The normalized spacial score (nSPS) is 18.7. The molecular formula is C43H50FN9O7. The molecule has 0 saturated carbocycles. The van der Waals surface area contributed by atoms with E-state index in [0.717, 1.165) is 63.3 Å². The molecule has 17 heteroatoms. The minimum absolute atomic E-state index is 0.0206. The molecule has 4 aliphatic heterocycles. The maximum Gasteiger partial charge on any atom is 0.264 e. The second-order valence-corrected chi connectivity index (χ2v) is 15.6. The number of hydrogen-bond donors (Lipinski definition) is 6. The van der Waals surface area contributed by atoms with E-state index in [-0.39, 0.29) is 41.7 Å². The highest BCUT2D eigenvalue weighted by Crippen LogP contribution is 2.35. The molecule has 5 heterocycles. The molecule has 1 aromatic heterocycles. The van der Waals surface area contributed by atoms with Crippen LogP contribution in [0.4, 0.5) is 15.8 Å². The summed E-state index contributed by atoms with van der Waals surface area (Å²) in [5.41, 5.74) is 4.88. The van der Waals surface area contributed by atoms with Crippen LogP contribution in [0.25, 0.3) is 11.6 Å². The number of hydrogen-bond acceptors (Lipinski definition) is 10. The summed E-state index contributed by atoms with van der Waals surface area (Å²) in [6.45, 7) is 9.54. The van der Waals surface area contributed by atoms with Gasteiger partial charge in [0, 0.05) is 80.6 Å². The maximum atomic E-state index is 13.9. The Hall–Kier alpha value is -6.20. The Bertz CT molecular complexity index is 2260. The van der Waals surface area contributed by atoms with Gasteiger partial charge >= 0.3 is 0 Å². The van der Waals surface area contributed by atoms with Crippen molar-refractivity contribution < 1.29 is 38.0 Å². The maximum absolute atomic E-state index is 13.9. The molecule has 2 fully saturated rings. The average molecular weight is 824 g/mol. The quantitative estimate of drug-likeness (QED) is 0.0709. The number of aromatic amines is 1. The molecule has 3 aromatic rings. The van der Waals surface area contributed by atoms with Crippen molar-refractivity contribution in [3.05, 3.63) is 81.4 Å². The Morgan fingerprint density at radius 2 is 1.60 bits per heavy atom. The standard InChI is InChI=1S/C43H50FN9O7/c1-25-33(23-30-29-22-27(44)10-11-31(29)49-39(30)56)48-26(2)37(25)41(58)47-16-7-17-51-18-20-52(21-19-51)24-36(55)46-15-5-3-4-14-45-32-9-6-8-28-38(32)43(60)53(42(28)59)34-12-13-35(54)50-40(34)57/h6,8-11,22-23,34,45,48H,3-5,7,12-21,24H2,1-2H3,(H,46,55)(H,47,58)(H,49,56)(H,50,54,57). The Labute approximate surface area is 346 Å². The molecule has 6 N–H and O–H groups in total. The van der Waals surface area contributed by atoms with E-state index in [1.807, 2.05) is 13.8 Å². The molecule has 1 unspecified atom stereocenters. The van der Waals surface area contributed by atoms with Crippen molar-refractivity contribution in [2.45, 2.75) is 58.4 Å². The van der Waals surface area contributed by atoms with Crippen molar-refractivity contribution in [2.75, 3.05) is 69.5 Å². The number of carbonyl (C=O) groups is 7. The highest BCUT2D eigenvalue weighted by atomic mass is 19.1. The molecule has 2 aromatic carbocycles. The number of nitrogens with zero attached hydrogens (tertiary/aromatic N) is 3. The van der Waals surface area contributed by atoms with Crippen molar-refractivity contribution in [3.8, 4) is 0 Å². The zero-order valence-electron chi connectivity index (χ0n) is 33.8. The van der Waals surface area contributed by atoms with Crippen LogP contribution >= 0.6 is 0 Å². The SMILES string of the molecule is Cc1[nH]c(C=C2C(=O)Nc3ccc(F)cc32)c(C)c1C(=O)NCCCN1CCN(CC(=O)NCCCCCNc2cccc3c2C(=O)N(C2CCC(=O)NC2=O)C3=O)CC1. The number of nitrogens with one attached hydrogen (secondary N) is 6. The van der Waals surface area contributed by atoms with Crippen LogP contribution in [0.5, 0.6) is 0 Å². The highest BCUT2D eigenvalue weighted by molar-refractivity contribution is 6.35. The van der Waals surface area contributed by atoms with E-state index in [0.29, 0.717) is 71.2 Å². The Balaban J connectivity index is 0.753. The van der Waals surface area contributed by atoms with Gasteiger partial charge in [0.25, 0.3) is 23.6 Å². The third-order valence-electron chi connectivity index (χ3n) is 11.5. The lowest BCUT2D eigenvalue weighted by atomic mass is 10.0. The Kier molecular flexibility index (Phi) is 12.8. The van der Waals surface area contributed by atoms with Crippen molar-refractivity contribution in [3.63, 3.8) is 0 Å². The van der Waals surface area contributed by atoms with Gasteiger partial charge in [-0.15, -0.1) is 0 Å². The van der Waals surface area contributed by atoms with E-state index in [2.05, 4.69) is 41.4 Å². The predicted molar refractivity (Wildman–Crippen MR) is 221 cm³/mol. The first-order valence-electron chi connectivity index (χ1n) is 20.5. The van der Waals surface area contributed by atoms with Gasteiger partial charge in [0.15, 0.2) is 0 Å². The van der Waals surface area contributed by atoms with Crippen LogP contribution in [0.1, 0.15) is 92.1 Å². The number of rotatable bonds is 16. The first kappa shape index (κ1) is 41.9. The molecular weight excluding hydrogens is 774 g/mol. The fraction of sp³-hybridized carbons (Fsp3) is 0.419. The Morgan fingerprint density at radius 3 is 2.38 bits per heavy atom. The van der Waals surface area contributed by atoms with Crippen LogP contribution in [0.2, 0.25) is 0 Å². The Morgan fingerprint density at radius 1 is 0.850 bits per heavy atom. The van der Waals surface area contributed by atoms with E-state index in [4.69, 9.17) is 0 Å². The van der Waals surface area contributed by atoms with E-state index in [9.17, 15) is 38.0 Å². The smallest absolute Gasteiger partial charge is 0.264 e. The van der Waals surface area contributed by atoms with Gasteiger partial charge in [-0.2, -0.15) is 0 Å². The van der Waals surface area contributed by atoms with Crippen molar-refractivity contribution in [2.24, 2.45) is 0 Å². The molecule has 60 heavy (non-hydrogen) atoms. The number of aromatic nitrogens is 1. The van der Waals surface area contributed by atoms with Crippen molar-refractivity contribution in [1.29, 1.82) is 0 Å². The number of piperidine rings is 1. The van der Waals surface area contributed by atoms with Gasteiger partial charge in [0.2, 0.25) is 17.7 Å². The summed E-state index contributed by atoms with van der Waals surface area (Å²) in [6, 6.07) is 8.12. The lowest BCUT2D eigenvalue weighted by Gasteiger charge is -2.34. The fourth-order valence-corrected chi connectivity index (χ4v) is 8.27. The number of amides is 7. The van der Waals surface area contributed by atoms with E-state index in [1.165, 1.54) is 18.2 Å². The summed E-state index contributed by atoms with van der Waals surface area (Å²) in [7, 11) is 0. The zero-order chi connectivity index (χ0) is 42.5. The van der Waals surface area contributed by atoms with Crippen LogP contribution in [0.3, 0.4) is 0 Å². The van der Waals surface area contributed by atoms with Gasteiger partial charge in [-0.3, -0.25) is 48.7 Å². The fourth-order valence-electron chi connectivity index (χ4n) is 8.27. The first-order valence-corrected chi connectivity index (χ1v) is 20.5. The van der Waals surface area contributed by atoms with Crippen molar-refractivity contribution >= 4 is 64.4 Å². The van der Waals surface area contributed by atoms with Gasteiger partial charge in [-0.25, -0.2) is 4.39 Å². The van der Waals surface area contributed by atoms with Crippen LogP contribution in [-0.2, 0) is 19.2 Å². The zero-order valence-corrected chi connectivity index (χ0v) is 33.8. The summed E-state index contributed by atoms with van der Waals surface area (Å²) in [4.78, 5) is 97.3. The monoisotopic (exact) mass is 823 g/mol. The number of imide groups is 2. The van der Waals surface area contributed by atoms with Crippen LogP contribution < -0.4 is 26.6 Å². The molecule has 0 radical (unpaired) electrons. The second kappa shape index (κ2) is 18.4. The largest absolute Gasteiger partial charge is 0.384 e. The third-order valence-corrected chi connectivity index (χ3v) is 11.5. The van der Waals surface area contributed by atoms with Gasteiger partial charge in [0.05, 0.1) is 28.8 Å². The molecule has 0 spiro atoms. The number of aryl methyl sites for hydroxylation is 1. The summed E-state index contributed by atoms with van der Waals surface area (Å²) in [5, 5.41) is 14.2. The van der Waals surface area contributed by atoms with Gasteiger partial charge < -0.3 is 31.2 Å². The summed E-state index contributed by atoms with van der Waals surface area (Å²) in [5.74, 6) is -3.14. The van der Waals surface area contributed by atoms with Gasteiger partial charge in [-0.1, -0.05) is 6.07 Å². The van der Waals surface area contributed by atoms with Crippen molar-refractivity contribution in [1.82, 2.24) is 35.6 Å². The second-order valence-electron chi connectivity index (χ2n) is 15.6. The molecule has 0 bridgehead atoms. The molecule has 16 nitrogen and oxygen atoms in total.